The van der Waals surface area contributed by atoms with Gasteiger partial charge in [-0.2, -0.15) is 0 Å². The molecule has 0 aromatic heterocycles. The summed E-state index contributed by atoms with van der Waals surface area (Å²) in [5, 5.41) is 6.88. The van der Waals surface area contributed by atoms with Crippen molar-refractivity contribution >= 4 is 0 Å². The van der Waals surface area contributed by atoms with Crippen molar-refractivity contribution in [3.05, 3.63) is 0 Å². The quantitative estimate of drug-likeness (QED) is 0.476. The van der Waals surface area contributed by atoms with Crippen LogP contribution in [0.3, 0.4) is 0 Å². The van der Waals surface area contributed by atoms with E-state index in [-0.39, 0.29) is 0 Å². The molecule has 0 bridgehead atoms. The third kappa shape index (κ3) is 1.25. The van der Waals surface area contributed by atoms with Crippen LogP contribution >= 0.6 is 0 Å². The third-order valence-electron chi connectivity index (χ3n) is 2.32. The van der Waals surface area contributed by atoms with Gasteiger partial charge >= 0.3 is 0 Å². The standard InChI is InChI=1S/C7H14N2/c1-2-8-3-4-9-7-5-6(1)7/h6-9H,1-5H2. The second-order valence-corrected chi connectivity index (χ2v) is 3.10. The molecule has 2 heteroatoms. The lowest BCUT2D eigenvalue weighted by Gasteiger charge is -2.09. The van der Waals surface area contributed by atoms with Crippen LogP contribution < -0.4 is 10.6 Å². The number of hydrogen-bond donors (Lipinski definition) is 2. The first-order valence-corrected chi connectivity index (χ1v) is 3.91. The molecule has 0 aromatic rings. The SMILES string of the molecule is C1CNC2CC2CCN1. The van der Waals surface area contributed by atoms with Crippen LogP contribution in [0.4, 0.5) is 0 Å². The molecule has 9 heavy (non-hydrogen) atoms. The zero-order valence-electron chi connectivity index (χ0n) is 5.69. The van der Waals surface area contributed by atoms with E-state index in [2.05, 4.69) is 10.6 Å². The van der Waals surface area contributed by atoms with E-state index >= 15 is 0 Å². The molecule has 0 spiro atoms. The highest BCUT2D eigenvalue weighted by Crippen LogP contribution is 2.33. The molecule has 2 fully saturated rings. The lowest BCUT2D eigenvalue weighted by atomic mass is 10.2. The zero-order chi connectivity index (χ0) is 6.10. The molecule has 0 radical (unpaired) electrons. The monoisotopic (exact) mass is 126 g/mol. The largest absolute Gasteiger partial charge is 0.315 e. The van der Waals surface area contributed by atoms with Crippen molar-refractivity contribution in [3.8, 4) is 0 Å². The Morgan fingerprint density at radius 3 is 3.11 bits per heavy atom. The van der Waals surface area contributed by atoms with E-state index in [9.17, 15) is 0 Å². The van der Waals surface area contributed by atoms with E-state index in [1.165, 1.54) is 25.9 Å². The maximum atomic E-state index is 3.50. The summed E-state index contributed by atoms with van der Waals surface area (Å²) in [6.07, 6.45) is 2.82. The molecule has 1 heterocycles. The van der Waals surface area contributed by atoms with Crippen LogP contribution in [0.1, 0.15) is 12.8 Å². The van der Waals surface area contributed by atoms with Gasteiger partial charge < -0.3 is 10.6 Å². The Morgan fingerprint density at radius 2 is 2.11 bits per heavy atom. The predicted octanol–water partition coefficient (Wildman–Crippen LogP) is -0.0422. The molecule has 2 nitrogen and oxygen atoms in total. The van der Waals surface area contributed by atoms with Gasteiger partial charge in [-0.25, -0.2) is 0 Å². The van der Waals surface area contributed by atoms with Gasteiger partial charge in [-0.15, -0.1) is 0 Å². The highest BCUT2D eigenvalue weighted by Gasteiger charge is 2.36. The maximum Gasteiger partial charge on any atom is 0.0100 e. The summed E-state index contributed by atoms with van der Waals surface area (Å²) >= 11 is 0. The van der Waals surface area contributed by atoms with Crippen molar-refractivity contribution in [2.24, 2.45) is 5.92 Å². The van der Waals surface area contributed by atoms with Crippen molar-refractivity contribution in [2.45, 2.75) is 18.9 Å². The Bertz CT molecular complexity index is 91.1. The summed E-state index contributed by atoms with van der Waals surface area (Å²) in [6.45, 7) is 3.56. The number of hydrogen-bond acceptors (Lipinski definition) is 2. The number of rotatable bonds is 0. The number of nitrogens with one attached hydrogen (secondary N) is 2. The molecule has 52 valence electrons. The van der Waals surface area contributed by atoms with E-state index in [0.29, 0.717) is 0 Å². The average Bonchev–Trinajstić information content (AvgIpc) is 2.46. The first kappa shape index (κ1) is 5.69. The van der Waals surface area contributed by atoms with Crippen LogP contribution in [0, 0.1) is 5.92 Å². The summed E-state index contributed by atoms with van der Waals surface area (Å²) < 4.78 is 0. The second-order valence-electron chi connectivity index (χ2n) is 3.10. The third-order valence-corrected chi connectivity index (χ3v) is 2.32. The van der Waals surface area contributed by atoms with Crippen LogP contribution in [-0.4, -0.2) is 25.7 Å². The van der Waals surface area contributed by atoms with Gasteiger partial charge in [0.2, 0.25) is 0 Å². The van der Waals surface area contributed by atoms with Gasteiger partial charge in [-0.1, -0.05) is 0 Å². The molecule has 2 unspecified atom stereocenters. The molecule has 1 saturated carbocycles. The van der Waals surface area contributed by atoms with Gasteiger partial charge in [0.1, 0.15) is 0 Å². The van der Waals surface area contributed by atoms with Gasteiger partial charge in [0.25, 0.3) is 0 Å². The minimum atomic E-state index is 0.895. The van der Waals surface area contributed by atoms with E-state index in [1.54, 1.807) is 0 Å². The highest BCUT2D eigenvalue weighted by atomic mass is 15.0. The molecule has 2 atom stereocenters. The minimum Gasteiger partial charge on any atom is -0.315 e. The topological polar surface area (TPSA) is 24.1 Å². The first-order chi connectivity index (χ1) is 4.47. The fraction of sp³-hybridized carbons (Fsp3) is 1.00. The normalized spacial score (nSPS) is 42.7. The van der Waals surface area contributed by atoms with Crippen molar-refractivity contribution in [1.82, 2.24) is 10.6 Å². The fourth-order valence-corrected chi connectivity index (χ4v) is 1.58. The first-order valence-electron chi connectivity index (χ1n) is 3.91. The Kier molecular flexibility index (Phi) is 1.44. The molecular weight excluding hydrogens is 112 g/mol. The van der Waals surface area contributed by atoms with Crippen molar-refractivity contribution in [2.75, 3.05) is 19.6 Å². The van der Waals surface area contributed by atoms with Gasteiger partial charge in [-0.05, 0) is 25.3 Å². The molecule has 1 aliphatic heterocycles. The van der Waals surface area contributed by atoms with E-state index in [0.717, 1.165) is 18.5 Å². The molecule has 0 aromatic carbocycles. The molecule has 2 N–H and O–H groups in total. The van der Waals surface area contributed by atoms with E-state index < -0.39 is 0 Å². The molecule has 2 aliphatic rings. The summed E-state index contributed by atoms with van der Waals surface area (Å²) in [6, 6.07) is 0.895. The van der Waals surface area contributed by atoms with Crippen LogP contribution in [-0.2, 0) is 0 Å². The van der Waals surface area contributed by atoms with Gasteiger partial charge in [-0.3, -0.25) is 0 Å². The van der Waals surface area contributed by atoms with Gasteiger partial charge in [0.15, 0.2) is 0 Å². The average molecular weight is 126 g/mol. The van der Waals surface area contributed by atoms with Crippen LogP contribution in [0.2, 0.25) is 0 Å². The zero-order valence-corrected chi connectivity index (χ0v) is 5.69. The summed E-state index contributed by atoms with van der Waals surface area (Å²) in [5.74, 6) is 1.01. The fourth-order valence-electron chi connectivity index (χ4n) is 1.58. The number of fused-ring (bicyclic) bond motifs is 1. The predicted molar refractivity (Wildman–Crippen MR) is 37.4 cm³/mol. The smallest absolute Gasteiger partial charge is 0.0100 e. The summed E-state index contributed by atoms with van der Waals surface area (Å²) in [7, 11) is 0. The van der Waals surface area contributed by atoms with Gasteiger partial charge in [0, 0.05) is 19.1 Å². The van der Waals surface area contributed by atoms with Crippen molar-refractivity contribution in [1.29, 1.82) is 0 Å². The lowest BCUT2D eigenvalue weighted by Crippen LogP contribution is -2.32. The molecule has 2 rings (SSSR count). The van der Waals surface area contributed by atoms with Crippen LogP contribution in [0.15, 0.2) is 0 Å². The Balaban J connectivity index is 1.81. The molecule has 0 amide bonds. The van der Waals surface area contributed by atoms with Gasteiger partial charge in [0.05, 0.1) is 0 Å². The summed E-state index contributed by atoms with van der Waals surface area (Å²) in [4.78, 5) is 0. The Labute approximate surface area is 56.0 Å². The Morgan fingerprint density at radius 1 is 1.11 bits per heavy atom. The van der Waals surface area contributed by atoms with Crippen LogP contribution in [0.25, 0.3) is 0 Å². The van der Waals surface area contributed by atoms with E-state index in [4.69, 9.17) is 0 Å². The maximum absolute atomic E-state index is 3.50. The molecule has 1 aliphatic carbocycles. The minimum absolute atomic E-state index is 0.895. The van der Waals surface area contributed by atoms with Crippen molar-refractivity contribution < 1.29 is 0 Å². The van der Waals surface area contributed by atoms with Crippen LogP contribution in [0.5, 0.6) is 0 Å². The molecule has 1 saturated heterocycles. The lowest BCUT2D eigenvalue weighted by molar-refractivity contribution is 0.516. The highest BCUT2D eigenvalue weighted by molar-refractivity contribution is 4.94. The van der Waals surface area contributed by atoms with Crippen molar-refractivity contribution in [3.63, 3.8) is 0 Å². The van der Waals surface area contributed by atoms with E-state index in [1.807, 2.05) is 0 Å². The summed E-state index contributed by atoms with van der Waals surface area (Å²) in [5.41, 5.74) is 0. The molecular formula is C7H14N2. The Hall–Kier alpha value is -0.0800. The second kappa shape index (κ2) is 2.27.